The predicted molar refractivity (Wildman–Crippen MR) is 81.4 cm³/mol. The van der Waals surface area contributed by atoms with Gasteiger partial charge in [0.25, 0.3) is 0 Å². The molecule has 2 aromatic carbocycles. The van der Waals surface area contributed by atoms with E-state index in [0.29, 0.717) is 11.3 Å². The Morgan fingerprint density at radius 1 is 1.10 bits per heavy atom. The van der Waals surface area contributed by atoms with Gasteiger partial charge < -0.3 is 9.84 Å². The molecule has 0 heterocycles. The van der Waals surface area contributed by atoms with E-state index in [2.05, 4.69) is 12.6 Å². The van der Waals surface area contributed by atoms with Crippen LogP contribution in [0.5, 0.6) is 17.2 Å². The van der Waals surface area contributed by atoms with E-state index in [0.717, 1.165) is 18.6 Å². The normalized spacial score (nSPS) is 13.6. The summed E-state index contributed by atoms with van der Waals surface area (Å²) in [6.07, 6.45) is 6.30. The molecular formula is C18H18O2. The minimum Gasteiger partial charge on any atom is -0.507 e. The van der Waals surface area contributed by atoms with Crippen molar-refractivity contribution in [3.05, 3.63) is 59.7 Å². The van der Waals surface area contributed by atoms with Gasteiger partial charge in [0, 0.05) is 11.6 Å². The molecule has 0 aromatic heterocycles. The van der Waals surface area contributed by atoms with Crippen molar-refractivity contribution in [3.8, 4) is 17.2 Å². The lowest BCUT2D eigenvalue weighted by Gasteiger charge is -2.19. The van der Waals surface area contributed by atoms with E-state index in [-0.39, 0.29) is 5.75 Å². The molecule has 1 aliphatic carbocycles. The van der Waals surface area contributed by atoms with Crippen molar-refractivity contribution in [3.63, 3.8) is 0 Å². The Balaban J connectivity index is 1.91. The van der Waals surface area contributed by atoms with Crippen LogP contribution in [0.25, 0.3) is 6.08 Å². The zero-order valence-electron chi connectivity index (χ0n) is 11.4. The number of hydrogen-bond acceptors (Lipinski definition) is 2. The lowest BCUT2D eigenvalue weighted by Crippen LogP contribution is -2.04. The third-order valence-corrected chi connectivity index (χ3v) is 3.80. The molecule has 2 nitrogen and oxygen atoms in total. The Hall–Kier alpha value is -2.22. The van der Waals surface area contributed by atoms with Crippen molar-refractivity contribution in [2.75, 3.05) is 0 Å². The number of phenolic OH excluding ortho intramolecular Hbond substituents is 1. The summed E-state index contributed by atoms with van der Waals surface area (Å²) in [6, 6.07) is 11.5. The van der Waals surface area contributed by atoms with Crippen LogP contribution in [0.2, 0.25) is 0 Å². The summed E-state index contributed by atoms with van der Waals surface area (Å²) in [5.74, 6) is 1.77. The first-order valence-electron chi connectivity index (χ1n) is 7.02. The molecule has 102 valence electrons. The zero-order valence-corrected chi connectivity index (χ0v) is 11.4. The second-order valence-electron chi connectivity index (χ2n) is 5.13. The average Bonchev–Trinajstić information content (AvgIpc) is 2.48. The van der Waals surface area contributed by atoms with Gasteiger partial charge in [0.05, 0.1) is 0 Å². The van der Waals surface area contributed by atoms with Crippen LogP contribution in [0.1, 0.15) is 29.5 Å². The van der Waals surface area contributed by atoms with E-state index >= 15 is 0 Å². The highest BCUT2D eigenvalue weighted by Gasteiger charge is 2.14. The van der Waals surface area contributed by atoms with E-state index in [1.165, 1.54) is 24.0 Å². The zero-order chi connectivity index (χ0) is 13.9. The molecule has 2 aromatic rings. The molecule has 2 heteroatoms. The maximum absolute atomic E-state index is 9.86. The first-order valence-corrected chi connectivity index (χ1v) is 7.02. The fourth-order valence-electron chi connectivity index (χ4n) is 2.73. The Bertz CT molecular complexity index is 644. The SMILES string of the molecule is C=Cc1ccc(Oc2cccc3c2CCCC3)cc1O. The molecule has 3 rings (SSSR count). The Morgan fingerprint density at radius 2 is 1.95 bits per heavy atom. The van der Waals surface area contributed by atoms with Crippen LogP contribution < -0.4 is 4.74 Å². The summed E-state index contributed by atoms with van der Waals surface area (Å²) < 4.78 is 5.96. The number of fused-ring (bicyclic) bond motifs is 1. The van der Waals surface area contributed by atoms with Crippen LogP contribution in [-0.4, -0.2) is 5.11 Å². The molecule has 0 bridgehead atoms. The number of aromatic hydroxyl groups is 1. The fraction of sp³-hybridized carbons (Fsp3) is 0.222. The summed E-state index contributed by atoms with van der Waals surface area (Å²) in [6.45, 7) is 3.66. The van der Waals surface area contributed by atoms with Crippen LogP contribution in [-0.2, 0) is 12.8 Å². The minimum atomic E-state index is 0.197. The molecule has 0 radical (unpaired) electrons. The van der Waals surface area contributed by atoms with E-state index in [9.17, 15) is 5.11 Å². The van der Waals surface area contributed by atoms with Crippen molar-refractivity contribution in [2.24, 2.45) is 0 Å². The summed E-state index contributed by atoms with van der Waals surface area (Å²) in [4.78, 5) is 0. The summed E-state index contributed by atoms with van der Waals surface area (Å²) >= 11 is 0. The van der Waals surface area contributed by atoms with E-state index in [4.69, 9.17) is 4.74 Å². The molecule has 0 aliphatic heterocycles. The highest BCUT2D eigenvalue weighted by atomic mass is 16.5. The topological polar surface area (TPSA) is 29.5 Å². The summed E-state index contributed by atoms with van der Waals surface area (Å²) in [7, 11) is 0. The third-order valence-electron chi connectivity index (χ3n) is 3.80. The Labute approximate surface area is 119 Å². The largest absolute Gasteiger partial charge is 0.507 e. The van der Waals surface area contributed by atoms with Gasteiger partial charge in [-0.1, -0.05) is 24.8 Å². The molecule has 0 saturated heterocycles. The minimum absolute atomic E-state index is 0.197. The monoisotopic (exact) mass is 266 g/mol. The number of ether oxygens (including phenoxy) is 1. The van der Waals surface area contributed by atoms with Gasteiger partial charge in [-0.05, 0) is 55.0 Å². The standard InChI is InChI=1S/C18H18O2/c1-2-13-10-11-15(12-17(13)19)20-18-9-5-7-14-6-3-4-8-16(14)18/h2,5,7,9-12,19H,1,3-4,6,8H2. The van der Waals surface area contributed by atoms with Crippen LogP contribution in [0, 0.1) is 0 Å². The van der Waals surface area contributed by atoms with Gasteiger partial charge in [0.2, 0.25) is 0 Å². The van der Waals surface area contributed by atoms with Gasteiger partial charge in [0.15, 0.2) is 0 Å². The van der Waals surface area contributed by atoms with Crippen LogP contribution in [0.4, 0.5) is 0 Å². The third kappa shape index (κ3) is 2.42. The number of aryl methyl sites for hydroxylation is 1. The first kappa shape index (κ1) is 12.8. The highest BCUT2D eigenvalue weighted by Crippen LogP contribution is 2.34. The summed E-state index contributed by atoms with van der Waals surface area (Å²) in [5.41, 5.74) is 3.42. The Kier molecular flexibility index (Phi) is 3.46. The molecule has 0 atom stereocenters. The van der Waals surface area contributed by atoms with Gasteiger partial charge in [-0.25, -0.2) is 0 Å². The van der Waals surface area contributed by atoms with Gasteiger partial charge in [-0.15, -0.1) is 0 Å². The lowest BCUT2D eigenvalue weighted by atomic mass is 9.91. The van der Waals surface area contributed by atoms with Gasteiger partial charge in [-0.2, -0.15) is 0 Å². The van der Waals surface area contributed by atoms with E-state index in [1.54, 1.807) is 12.1 Å². The predicted octanol–water partition coefficient (Wildman–Crippen LogP) is 4.71. The quantitative estimate of drug-likeness (QED) is 0.872. The second kappa shape index (κ2) is 5.41. The maximum Gasteiger partial charge on any atom is 0.131 e. The van der Waals surface area contributed by atoms with Crippen LogP contribution in [0.3, 0.4) is 0 Å². The van der Waals surface area contributed by atoms with Crippen molar-refractivity contribution in [2.45, 2.75) is 25.7 Å². The van der Waals surface area contributed by atoms with Crippen LogP contribution >= 0.6 is 0 Å². The highest BCUT2D eigenvalue weighted by molar-refractivity contribution is 5.57. The van der Waals surface area contributed by atoms with Crippen molar-refractivity contribution >= 4 is 6.08 Å². The molecule has 0 amide bonds. The first-order chi connectivity index (χ1) is 9.78. The Morgan fingerprint density at radius 3 is 2.75 bits per heavy atom. The molecule has 1 aliphatic rings. The summed E-state index contributed by atoms with van der Waals surface area (Å²) in [5, 5.41) is 9.86. The molecule has 0 spiro atoms. The fourth-order valence-corrected chi connectivity index (χ4v) is 2.73. The molecule has 0 unspecified atom stereocenters. The molecule has 1 N–H and O–H groups in total. The van der Waals surface area contributed by atoms with E-state index < -0.39 is 0 Å². The molecule has 0 fully saturated rings. The molecular weight excluding hydrogens is 248 g/mol. The smallest absolute Gasteiger partial charge is 0.131 e. The average molecular weight is 266 g/mol. The van der Waals surface area contributed by atoms with Gasteiger partial charge in [0.1, 0.15) is 17.2 Å². The number of phenols is 1. The molecule has 20 heavy (non-hydrogen) atoms. The van der Waals surface area contributed by atoms with Crippen molar-refractivity contribution in [1.82, 2.24) is 0 Å². The second-order valence-corrected chi connectivity index (χ2v) is 5.13. The van der Waals surface area contributed by atoms with Crippen molar-refractivity contribution in [1.29, 1.82) is 0 Å². The van der Waals surface area contributed by atoms with Gasteiger partial charge >= 0.3 is 0 Å². The van der Waals surface area contributed by atoms with Crippen LogP contribution in [0.15, 0.2) is 43.0 Å². The number of hydrogen-bond donors (Lipinski definition) is 1. The lowest BCUT2D eigenvalue weighted by molar-refractivity contribution is 0.449. The van der Waals surface area contributed by atoms with E-state index in [1.807, 2.05) is 24.3 Å². The van der Waals surface area contributed by atoms with Gasteiger partial charge in [-0.3, -0.25) is 0 Å². The molecule has 0 saturated carbocycles. The number of rotatable bonds is 3. The number of benzene rings is 2. The maximum atomic E-state index is 9.86. The van der Waals surface area contributed by atoms with Crippen molar-refractivity contribution < 1.29 is 9.84 Å².